The van der Waals surface area contributed by atoms with Gasteiger partial charge in [0, 0.05) is 25.2 Å². The molecule has 1 aliphatic rings. The summed E-state index contributed by atoms with van der Waals surface area (Å²) in [5, 5.41) is 3.09. The van der Waals surface area contributed by atoms with Gasteiger partial charge in [-0.05, 0) is 25.1 Å². The molecule has 1 aromatic heterocycles. The highest BCUT2D eigenvalue weighted by Crippen LogP contribution is 2.13. The zero-order chi connectivity index (χ0) is 15.1. The Labute approximate surface area is 128 Å². The molecule has 0 aromatic carbocycles. The van der Waals surface area contributed by atoms with Crippen molar-refractivity contribution in [3.8, 4) is 0 Å². The van der Waals surface area contributed by atoms with E-state index in [1.807, 2.05) is 0 Å². The molecule has 0 aliphatic carbocycles. The van der Waals surface area contributed by atoms with Crippen molar-refractivity contribution in [3.63, 3.8) is 0 Å². The lowest BCUT2D eigenvalue weighted by Crippen LogP contribution is -2.38. The first kappa shape index (κ1) is 16.0. The number of hydrogen-bond donors (Lipinski definition) is 3. The second kappa shape index (κ2) is 8.14. The number of morpholine rings is 1. The third-order valence-corrected chi connectivity index (χ3v) is 3.44. The Morgan fingerprint density at radius 2 is 2.19 bits per heavy atom. The number of nitrogen functional groups attached to an aromatic ring is 1. The fourth-order valence-electron chi connectivity index (χ4n) is 2.13. The maximum Gasteiger partial charge on any atom is 0.251 e. The lowest BCUT2D eigenvalue weighted by Gasteiger charge is -2.26. The minimum atomic E-state index is -0.183. The molecule has 2 heterocycles. The van der Waals surface area contributed by atoms with E-state index in [-0.39, 0.29) is 11.1 Å². The quantitative estimate of drug-likeness (QED) is 0.306. The molecule has 0 spiro atoms. The van der Waals surface area contributed by atoms with Crippen molar-refractivity contribution in [1.29, 1.82) is 0 Å². The molecular weight excluding hydrogens is 294 g/mol. The lowest BCUT2D eigenvalue weighted by molar-refractivity contribution is 0.0374. The molecule has 1 saturated heterocycles. The van der Waals surface area contributed by atoms with Gasteiger partial charge < -0.3 is 15.5 Å². The Bertz CT molecular complexity index is 480. The van der Waals surface area contributed by atoms with Crippen LogP contribution in [0.4, 0.5) is 5.82 Å². The summed E-state index contributed by atoms with van der Waals surface area (Å²) in [6, 6.07) is 3.07. The minimum absolute atomic E-state index is 0.183. The number of ether oxygens (including phenoxy) is 1. The highest BCUT2D eigenvalue weighted by molar-refractivity contribution is 6.29. The first-order valence-corrected chi connectivity index (χ1v) is 7.29. The summed E-state index contributed by atoms with van der Waals surface area (Å²) in [6.07, 6.45) is 0.895. The first-order valence-electron chi connectivity index (χ1n) is 6.91. The van der Waals surface area contributed by atoms with Gasteiger partial charge in [-0.15, -0.1) is 0 Å². The van der Waals surface area contributed by atoms with Crippen molar-refractivity contribution in [1.82, 2.24) is 15.2 Å². The molecule has 0 atom stereocenters. The summed E-state index contributed by atoms with van der Waals surface area (Å²) in [6.45, 7) is 5.06. The van der Waals surface area contributed by atoms with Crippen molar-refractivity contribution in [2.45, 2.75) is 6.42 Å². The van der Waals surface area contributed by atoms with Gasteiger partial charge in [-0.3, -0.25) is 9.69 Å². The zero-order valence-corrected chi connectivity index (χ0v) is 12.5. The van der Waals surface area contributed by atoms with Crippen LogP contribution in [0.5, 0.6) is 0 Å². The normalized spacial score (nSPS) is 15.7. The van der Waals surface area contributed by atoms with E-state index in [0.29, 0.717) is 17.9 Å². The molecule has 7 nitrogen and oxygen atoms in total. The Hall–Kier alpha value is -1.41. The van der Waals surface area contributed by atoms with E-state index >= 15 is 0 Å². The maximum absolute atomic E-state index is 12.0. The number of carbonyl (C=O) groups excluding carboxylic acids is 1. The van der Waals surface area contributed by atoms with E-state index < -0.39 is 0 Å². The van der Waals surface area contributed by atoms with Gasteiger partial charge in [-0.2, -0.15) is 0 Å². The van der Waals surface area contributed by atoms with Crippen LogP contribution in [0, 0.1) is 0 Å². The second-order valence-electron chi connectivity index (χ2n) is 4.77. The Balaban J connectivity index is 1.75. The van der Waals surface area contributed by atoms with Crippen LogP contribution in [0.3, 0.4) is 0 Å². The molecular formula is C13H20ClN5O2. The van der Waals surface area contributed by atoms with E-state index in [2.05, 4.69) is 20.6 Å². The van der Waals surface area contributed by atoms with Crippen LogP contribution in [-0.2, 0) is 4.74 Å². The van der Waals surface area contributed by atoms with Crippen LogP contribution in [-0.4, -0.2) is 55.2 Å². The van der Waals surface area contributed by atoms with Gasteiger partial charge in [0.25, 0.3) is 5.91 Å². The molecule has 116 valence electrons. The van der Waals surface area contributed by atoms with Crippen LogP contribution in [0.15, 0.2) is 12.1 Å². The Morgan fingerprint density at radius 3 is 2.90 bits per heavy atom. The van der Waals surface area contributed by atoms with Crippen LogP contribution in [0.1, 0.15) is 16.8 Å². The largest absolute Gasteiger partial charge is 0.379 e. The summed E-state index contributed by atoms with van der Waals surface area (Å²) < 4.78 is 5.29. The summed E-state index contributed by atoms with van der Waals surface area (Å²) in [7, 11) is 0. The fourth-order valence-corrected chi connectivity index (χ4v) is 2.34. The Kier molecular flexibility index (Phi) is 6.19. The third kappa shape index (κ3) is 5.13. The number of anilines is 1. The number of nitrogens with one attached hydrogen (secondary N) is 2. The second-order valence-corrected chi connectivity index (χ2v) is 5.16. The van der Waals surface area contributed by atoms with Gasteiger partial charge in [0.05, 0.1) is 13.2 Å². The molecule has 1 aromatic rings. The number of nitrogens with zero attached hydrogens (tertiary/aromatic N) is 2. The topological polar surface area (TPSA) is 92.5 Å². The predicted octanol–water partition coefficient (Wildman–Crippen LogP) is 0.473. The number of nitrogens with two attached hydrogens (primary N) is 1. The molecule has 21 heavy (non-hydrogen) atoms. The molecule has 1 amide bonds. The number of rotatable bonds is 6. The van der Waals surface area contributed by atoms with E-state index in [1.165, 1.54) is 6.07 Å². The van der Waals surface area contributed by atoms with Gasteiger partial charge >= 0.3 is 0 Å². The van der Waals surface area contributed by atoms with E-state index in [1.54, 1.807) is 6.07 Å². The van der Waals surface area contributed by atoms with Crippen LogP contribution >= 0.6 is 11.6 Å². The molecule has 1 fully saturated rings. The first-order chi connectivity index (χ1) is 10.2. The average Bonchev–Trinajstić information content (AvgIpc) is 2.51. The monoisotopic (exact) mass is 313 g/mol. The predicted molar refractivity (Wildman–Crippen MR) is 81.3 cm³/mol. The Morgan fingerprint density at radius 1 is 1.43 bits per heavy atom. The zero-order valence-electron chi connectivity index (χ0n) is 11.8. The molecule has 2 rings (SSSR count). The van der Waals surface area contributed by atoms with Crippen molar-refractivity contribution in [2.24, 2.45) is 5.84 Å². The van der Waals surface area contributed by atoms with Crippen LogP contribution in [0.25, 0.3) is 0 Å². The van der Waals surface area contributed by atoms with Crippen molar-refractivity contribution < 1.29 is 9.53 Å². The van der Waals surface area contributed by atoms with E-state index in [9.17, 15) is 4.79 Å². The van der Waals surface area contributed by atoms with E-state index in [4.69, 9.17) is 22.2 Å². The van der Waals surface area contributed by atoms with Crippen molar-refractivity contribution >= 4 is 23.3 Å². The molecule has 8 heteroatoms. The summed E-state index contributed by atoms with van der Waals surface area (Å²) >= 11 is 5.83. The van der Waals surface area contributed by atoms with Crippen molar-refractivity contribution in [2.75, 3.05) is 44.8 Å². The van der Waals surface area contributed by atoms with Crippen LogP contribution < -0.4 is 16.6 Å². The smallest absolute Gasteiger partial charge is 0.251 e. The molecule has 0 saturated carbocycles. The molecule has 0 bridgehead atoms. The maximum atomic E-state index is 12.0. The number of halogens is 1. The average molecular weight is 314 g/mol. The van der Waals surface area contributed by atoms with Gasteiger partial charge in [0.2, 0.25) is 0 Å². The van der Waals surface area contributed by atoms with Crippen LogP contribution in [0.2, 0.25) is 5.15 Å². The SMILES string of the molecule is NNc1cc(C(=O)NCCCN2CCOCC2)cc(Cl)n1. The number of hydrogen-bond acceptors (Lipinski definition) is 6. The summed E-state index contributed by atoms with van der Waals surface area (Å²) in [5.41, 5.74) is 2.82. The lowest BCUT2D eigenvalue weighted by atomic mass is 10.2. The summed E-state index contributed by atoms with van der Waals surface area (Å²) in [4.78, 5) is 18.3. The van der Waals surface area contributed by atoms with Gasteiger partial charge in [0.15, 0.2) is 0 Å². The number of pyridine rings is 1. The highest BCUT2D eigenvalue weighted by Gasteiger charge is 2.11. The molecule has 1 aliphatic heterocycles. The van der Waals surface area contributed by atoms with E-state index in [0.717, 1.165) is 39.3 Å². The van der Waals surface area contributed by atoms with Gasteiger partial charge in [-0.1, -0.05) is 11.6 Å². The summed E-state index contributed by atoms with van der Waals surface area (Å²) in [5.74, 6) is 5.45. The third-order valence-electron chi connectivity index (χ3n) is 3.24. The highest BCUT2D eigenvalue weighted by atomic mass is 35.5. The molecule has 0 unspecified atom stereocenters. The van der Waals surface area contributed by atoms with Gasteiger partial charge in [0.1, 0.15) is 11.0 Å². The standard InChI is InChI=1S/C13H20ClN5O2/c14-11-8-10(9-12(17-11)18-15)13(20)16-2-1-3-19-4-6-21-7-5-19/h8-9H,1-7,15H2,(H,16,20)(H,17,18). The molecule has 4 N–H and O–H groups in total. The number of aromatic nitrogens is 1. The minimum Gasteiger partial charge on any atom is -0.379 e. The van der Waals surface area contributed by atoms with Gasteiger partial charge in [-0.25, -0.2) is 10.8 Å². The fraction of sp³-hybridized carbons (Fsp3) is 0.538. The number of carbonyl (C=O) groups is 1. The molecule has 0 radical (unpaired) electrons. The number of amides is 1. The van der Waals surface area contributed by atoms with Crippen molar-refractivity contribution in [3.05, 3.63) is 22.8 Å². The number of hydrazine groups is 1.